The van der Waals surface area contributed by atoms with Crippen LogP contribution in [0, 0.1) is 0 Å². The summed E-state index contributed by atoms with van der Waals surface area (Å²) in [6.45, 7) is 0.472. The van der Waals surface area contributed by atoms with Crippen molar-refractivity contribution in [1.82, 2.24) is 15.0 Å². The molecular weight excluding hydrogens is 388 g/mol. The van der Waals surface area contributed by atoms with Gasteiger partial charge in [-0.3, -0.25) is 9.59 Å². The third-order valence-corrected chi connectivity index (χ3v) is 5.25. The van der Waals surface area contributed by atoms with Crippen LogP contribution in [0.25, 0.3) is 21.5 Å². The number of hydrogen-bond acceptors (Lipinski definition) is 7. The standard InChI is InChI=1S/C20H16N6O2S/c21-16(27)13-8-4-7-12-14(13)10-29-15(12)18-24-19(17(22)28)26-20(25-18)23-9-11-5-2-1-3-6-11/h1-8,10H,9H2,(H2,21,27)(H2,22,28)(H,23,24,25,26). The largest absolute Gasteiger partial charge is 0.366 e. The van der Waals surface area contributed by atoms with E-state index in [0.29, 0.717) is 28.2 Å². The van der Waals surface area contributed by atoms with Crippen LogP contribution >= 0.6 is 11.3 Å². The molecule has 0 aliphatic carbocycles. The van der Waals surface area contributed by atoms with E-state index in [9.17, 15) is 9.59 Å². The number of nitrogens with two attached hydrogens (primary N) is 2. The van der Waals surface area contributed by atoms with Crippen LogP contribution in [0.15, 0.2) is 53.9 Å². The summed E-state index contributed by atoms with van der Waals surface area (Å²) in [6, 6.07) is 15.0. The molecule has 0 spiro atoms. The summed E-state index contributed by atoms with van der Waals surface area (Å²) in [5.74, 6) is -0.877. The molecule has 4 aromatic rings. The lowest BCUT2D eigenvalue weighted by molar-refractivity contribution is 0.0986. The molecule has 29 heavy (non-hydrogen) atoms. The van der Waals surface area contributed by atoms with Gasteiger partial charge in [-0.05, 0) is 11.6 Å². The molecule has 0 atom stereocenters. The van der Waals surface area contributed by atoms with Gasteiger partial charge in [0, 0.05) is 28.3 Å². The summed E-state index contributed by atoms with van der Waals surface area (Å²) in [4.78, 5) is 36.9. The zero-order valence-corrected chi connectivity index (χ0v) is 15.9. The Morgan fingerprint density at radius 3 is 2.41 bits per heavy atom. The molecule has 2 amide bonds. The Kier molecular flexibility index (Phi) is 4.88. The fraction of sp³-hybridized carbons (Fsp3) is 0.0500. The van der Waals surface area contributed by atoms with Gasteiger partial charge in [-0.25, -0.2) is 4.98 Å². The summed E-state index contributed by atoms with van der Waals surface area (Å²) in [5.41, 5.74) is 12.3. The van der Waals surface area contributed by atoms with Crippen molar-refractivity contribution in [2.24, 2.45) is 11.5 Å². The quantitative estimate of drug-likeness (QED) is 0.452. The van der Waals surface area contributed by atoms with Gasteiger partial charge in [0.15, 0.2) is 5.82 Å². The number of anilines is 1. The van der Waals surface area contributed by atoms with Gasteiger partial charge in [-0.15, -0.1) is 11.3 Å². The van der Waals surface area contributed by atoms with E-state index in [4.69, 9.17) is 11.5 Å². The molecule has 0 aliphatic rings. The maximum absolute atomic E-state index is 11.7. The van der Waals surface area contributed by atoms with Gasteiger partial charge in [0.1, 0.15) is 0 Å². The molecule has 8 nitrogen and oxygen atoms in total. The maximum atomic E-state index is 11.7. The highest BCUT2D eigenvalue weighted by atomic mass is 32.1. The number of aromatic nitrogens is 3. The van der Waals surface area contributed by atoms with E-state index in [-0.39, 0.29) is 11.8 Å². The SMILES string of the molecule is NC(=O)c1nc(NCc2ccccc2)nc(-c2scc3c(C(N)=O)cccc23)n1. The number of amides is 2. The lowest BCUT2D eigenvalue weighted by atomic mass is 10.1. The van der Waals surface area contributed by atoms with Crippen LogP contribution in [0.3, 0.4) is 0 Å². The van der Waals surface area contributed by atoms with Gasteiger partial charge < -0.3 is 16.8 Å². The highest BCUT2D eigenvalue weighted by Crippen LogP contribution is 2.35. The second kappa shape index (κ2) is 7.64. The molecule has 2 heterocycles. The van der Waals surface area contributed by atoms with Crippen LogP contribution in [-0.2, 0) is 6.54 Å². The van der Waals surface area contributed by atoms with E-state index < -0.39 is 11.8 Å². The van der Waals surface area contributed by atoms with Crippen molar-refractivity contribution in [3.8, 4) is 10.7 Å². The molecule has 2 aromatic heterocycles. The molecular formula is C20H16N6O2S. The first-order chi connectivity index (χ1) is 14.0. The summed E-state index contributed by atoms with van der Waals surface area (Å²) in [5, 5.41) is 6.39. The molecule has 0 unspecified atom stereocenters. The molecule has 0 aliphatic heterocycles. The predicted molar refractivity (Wildman–Crippen MR) is 111 cm³/mol. The van der Waals surface area contributed by atoms with Crippen molar-refractivity contribution < 1.29 is 9.59 Å². The smallest absolute Gasteiger partial charge is 0.286 e. The van der Waals surface area contributed by atoms with Crippen LogP contribution in [0.2, 0.25) is 0 Å². The molecule has 2 aromatic carbocycles. The Morgan fingerprint density at radius 2 is 1.69 bits per heavy atom. The zero-order chi connectivity index (χ0) is 20.4. The van der Waals surface area contributed by atoms with Crippen molar-refractivity contribution in [3.05, 3.63) is 70.9 Å². The summed E-state index contributed by atoms with van der Waals surface area (Å²) >= 11 is 1.35. The molecule has 144 valence electrons. The average molecular weight is 404 g/mol. The second-order valence-electron chi connectivity index (χ2n) is 6.21. The van der Waals surface area contributed by atoms with Crippen molar-refractivity contribution in [3.63, 3.8) is 0 Å². The minimum atomic E-state index is -0.755. The number of thiophene rings is 1. The Morgan fingerprint density at radius 1 is 0.897 bits per heavy atom. The minimum absolute atomic E-state index is 0.141. The van der Waals surface area contributed by atoms with Crippen molar-refractivity contribution in [1.29, 1.82) is 0 Å². The van der Waals surface area contributed by atoms with E-state index in [0.717, 1.165) is 10.9 Å². The Hall–Kier alpha value is -3.85. The van der Waals surface area contributed by atoms with Gasteiger partial charge in [-0.2, -0.15) is 9.97 Å². The highest BCUT2D eigenvalue weighted by Gasteiger charge is 2.18. The fourth-order valence-electron chi connectivity index (χ4n) is 2.90. The first kappa shape index (κ1) is 18.5. The maximum Gasteiger partial charge on any atom is 0.286 e. The monoisotopic (exact) mass is 404 g/mol. The van der Waals surface area contributed by atoms with Gasteiger partial charge in [0.25, 0.3) is 5.91 Å². The predicted octanol–water partition coefficient (Wildman–Crippen LogP) is 2.56. The van der Waals surface area contributed by atoms with E-state index in [2.05, 4.69) is 20.3 Å². The Balaban J connectivity index is 1.76. The molecule has 5 N–H and O–H groups in total. The topological polar surface area (TPSA) is 137 Å². The van der Waals surface area contributed by atoms with Crippen molar-refractivity contribution in [2.45, 2.75) is 6.54 Å². The van der Waals surface area contributed by atoms with Crippen LogP contribution in [0.4, 0.5) is 5.95 Å². The number of nitrogens with zero attached hydrogens (tertiary/aromatic N) is 3. The Bertz CT molecular complexity index is 1220. The number of benzene rings is 2. The van der Waals surface area contributed by atoms with Crippen LogP contribution in [0.5, 0.6) is 0 Å². The van der Waals surface area contributed by atoms with Gasteiger partial charge in [0.05, 0.1) is 4.88 Å². The fourth-order valence-corrected chi connectivity index (χ4v) is 3.89. The molecule has 0 bridgehead atoms. The van der Waals surface area contributed by atoms with Crippen LogP contribution < -0.4 is 16.8 Å². The number of carbonyl (C=O) groups excluding carboxylic acids is 2. The molecule has 4 rings (SSSR count). The lowest BCUT2D eigenvalue weighted by Gasteiger charge is -2.08. The number of carbonyl (C=O) groups is 2. The first-order valence-corrected chi connectivity index (χ1v) is 9.55. The lowest BCUT2D eigenvalue weighted by Crippen LogP contribution is -2.18. The van der Waals surface area contributed by atoms with Gasteiger partial charge in [0.2, 0.25) is 17.7 Å². The Labute approximate surface area is 169 Å². The van der Waals surface area contributed by atoms with E-state index in [1.54, 1.807) is 12.1 Å². The number of hydrogen-bond donors (Lipinski definition) is 3. The minimum Gasteiger partial charge on any atom is -0.366 e. The normalized spacial score (nSPS) is 10.8. The molecule has 0 radical (unpaired) electrons. The van der Waals surface area contributed by atoms with E-state index >= 15 is 0 Å². The first-order valence-electron chi connectivity index (χ1n) is 8.67. The third-order valence-electron chi connectivity index (χ3n) is 4.26. The number of rotatable bonds is 6. The zero-order valence-electron chi connectivity index (χ0n) is 15.1. The second-order valence-corrected chi connectivity index (χ2v) is 7.09. The van der Waals surface area contributed by atoms with Gasteiger partial charge >= 0.3 is 0 Å². The van der Waals surface area contributed by atoms with Crippen LogP contribution in [-0.4, -0.2) is 26.8 Å². The average Bonchev–Trinajstić information content (AvgIpc) is 3.17. The summed E-state index contributed by atoms with van der Waals surface area (Å²) in [6.07, 6.45) is 0. The van der Waals surface area contributed by atoms with E-state index in [1.807, 2.05) is 41.8 Å². The van der Waals surface area contributed by atoms with E-state index in [1.165, 1.54) is 11.3 Å². The number of nitrogens with one attached hydrogen (secondary N) is 1. The molecule has 0 fully saturated rings. The third kappa shape index (κ3) is 3.76. The molecule has 0 saturated carbocycles. The molecule has 9 heteroatoms. The molecule has 0 saturated heterocycles. The van der Waals surface area contributed by atoms with Crippen LogP contribution in [0.1, 0.15) is 26.5 Å². The van der Waals surface area contributed by atoms with Crippen molar-refractivity contribution in [2.75, 3.05) is 5.32 Å². The highest BCUT2D eigenvalue weighted by molar-refractivity contribution is 7.15. The van der Waals surface area contributed by atoms with Gasteiger partial charge in [-0.1, -0.05) is 42.5 Å². The van der Waals surface area contributed by atoms with Crippen molar-refractivity contribution >= 4 is 39.9 Å². The number of fused-ring (bicyclic) bond motifs is 1. The summed E-state index contributed by atoms with van der Waals surface area (Å²) < 4.78 is 0. The summed E-state index contributed by atoms with van der Waals surface area (Å²) in [7, 11) is 0. The number of primary amides is 2.